The van der Waals surface area contributed by atoms with Crippen LogP contribution < -0.4 is 5.73 Å². The van der Waals surface area contributed by atoms with Crippen molar-refractivity contribution in [1.82, 2.24) is 10.1 Å². The molecule has 1 aromatic rings. The molecule has 1 amide bonds. The average Bonchev–Trinajstić information content (AvgIpc) is 2.69. The van der Waals surface area contributed by atoms with E-state index >= 15 is 0 Å². The van der Waals surface area contributed by atoms with Crippen LogP contribution in [0.2, 0.25) is 0 Å². The Hall–Kier alpha value is -1.40. The fourth-order valence-electron chi connectivity index (χ4n) is 1.87. The van der Waals surface area contributed by atoms with Crippen LogP contribution in [-0.4, -0.2) is 41.3 Å². The molecule has 88 valence electrons. The second-order valence-corrected chi connectivity index (χ2v) is 4.02. The molecule has 1 aromatic heterocycles. The summed E-state index contributed by atoms with van der Waals surface area (Å²) in [6.07, 6.45) is 0.999. The number of hydrogen-bond donors (Lipinski definition) is 1. The molecular weight excluding hydrogens is 210 g/mol. The zero-order chi connectivity index (χ0) is 11.5. The van der Waals surface area contributed by atoms with Gasteiger partial charge in [-0.05, 0) is 6.92 Å². The maximum Gasteiger partial charge on any atom is 0.247 e. The Morgan fingerprint density at radius 1 is 1.69 bits per heavy atom. The van der Waals surface area contributed by atoms with E-state index in [2.05, 4.69) is 10.1 Å². The molecule has 0 saturated carbocycles. The number of carbonyl (C=O) groups excluding carboxylic acids is 1. The van der Waals surface area contributed by atoms with E-state index in [0.29, 0.717) is 13.1 Å². The van der Waals surface area contributed by atoms with Crippen molar-refractivity contribution in [3.63, 3.8) is 0 Å². The van der Waals surface area contributed by atoms with Crippen molar-refractivity contribution >= 4 is 5.91 Å². The molecule has 16 heavy (non-hydrogen) atoms. The van der Waals surface area contributed by atoms with E-state index in [1.807, 2.05) is 6.92 Å². The highest BCUT2D eigenvalue weighted by molar-refractivity contribution is 5.79. The molecule has 6 nitrogen and oxygen atoms in total. The third kappa shape index (κ3) is 2.59. The lowest BCUT2D eigenvalue weighted by molar-refractivity contribution is -0.142. The van der Waals surface area contributed by atoms with E-state index in [4.69, 9.17) is 15.0 Å². The molecule has 1 aliphatic heterocycles. The van der Waals surface area contributed by atoms with Crippen LogP contribution in [0.1, 0.15) is 12.6 Å². The van der Waals surface area contributed by atoms with Crippen LogP contribution in [0.3, 0.4) is 0 Å². The minimum absolute atomic E-state index is 0.00171. The molecule has 1 saturated heterocycles. The molecule has 0 unspecified atom stereocenters. The van der Waals surface area contributed by atoms with Gasteiger partial charge in [-0.3, -0.25) is 9.69 Å². The summed E-state index contributed by atoms with van der Waals surface area (Å²) in [4.78, 5) is 13.2. The van der Waals surface area contributed by atoms with Crippen LogP contribution in [0.15, 0.2) is 16.9 Å². The molecule has 2 N–H and O–H groups in total. The minimum atomic E-state index is -0.532. The number of nitrogens with zero attached hydrogens (tertiary/aromatic N) is 2. The zero-order valence-electron chi connectivity index (χ0n) is 9.13. The van der Waals surface area contributed by atoms with Crippen LogP contribution in [0.25, 0.3) is 0 Å². The highest BCUT2D eigenvalue weighted by Crippen LogP contribution is 2.13. The van der Waals surface area contributed by atoms with Crippen molar-refractivity contribution in [3.05, 3.63) is 18.0 Å². The summed E-state index contributed by atoms with van der Waals surface area (Å²) in [6, 6.07) is 1.80. The molecule has 2 rings (SSSR count). The van der Waals surface area contributed by atoms with Gasteiger partial charge in [0.05, 0.1) is 11.8 Å². The normalized spacial score (nSPS) is 26.8. The second-order valence-electron chi connectivity index (χ2n) is 4.02. The Kier molecular flexibility index (Phi) is 3.21. The van der Waals surface area contributed by atoms with Crippen molar-refractivity contribution in [3.8, 4) is 0 Å². The molecule has 2 atom stereocenters. The Morgan fingerprint density at radius 3 is 3.12 bits per heavy atom. The number of nitrogens with two attached hydrogens (primary N) is 1. The highest BCUT2D eigenvalue weighted by Gasteiger charge is 2.29. The monoisotopic (exact) mass is 225 g/mol. The molecule has 0 bridgehead atoms. The number of aromatic nitrogens is 1. The van der Waals surface area contributed by atoms with E-state index < -0.39 is 12.0 Å². The highest BCUT2D eigenvalue weighted by atomic mass is 16.5. The minimum Gasteiger partial charge on any atom is -0.367 e. The lowest BCUT2D eigenvalue weighted by Gasteiger charge is -2.34. The number of ether oxygens (including phenoxy) is 1. The van der Waals surface area contributed by atoms with Gasteiger partial charge in [-0.1, -0.05) is 5.16 Å². The van der Waals surface area contributed by atoms with Gasteiger partial charge < -0.3 is 15.0 Å². The van der Waals surface area contributed by atoms with Crippen LogP contribution >= 0.6 is 0 Å². The predicted molar refractivity (Wildman–Crippen MR) is 55.3 cm³/mol. The molecule has 0 aliphatic carbocycles. The number of amides is 1. The van der Waals surface area contributed by atoms with Crippen LogP contribution in [0.5, 0.6) is 0 Å². The Balaban J connectivity index is 1.97. The molecule has 6 heteroatoms. The quantitative estimate of drug-likeness (QED) is 0.767. The molecule has 0 aromatic carbocycles. The van der Waals surface area contributed by atoms with Crippen molar-refractivity contribution in [2.75, 3.05) is 13.1 Å². The maximum atomic E-state index is 11.1. The van der Waals surface area contributed by atoms with E-state index in [1.54, 1.807) is 6.07 Å². The van der Waals surface area contributed by atoms with Crippen LogP contribution in [0.4, 0.5) is 0 Å². The predicted octanol–water partition coefficient (Wildman–Crippen LogP) is -0.251. The fraction of sp³-hybridized carbons (Fsp3) is 0.600. The molecule has 1 fully saturated rings. The molecule has 0 radical (unpaired) electrons. The Bertz CT molecular complexity index is 352. The smallest absolute Gasteiger partial charge is 0.247 e. The average molecular weight is 225 g/mol. The van der Waals surface area contributed by atoms with Crippen molar-refractivity contribution in [2.24, 2.45) is 5.73 Å². The lowest BCUT2D eigenvalue weighted by atomic mass is 10.2. The zero-order valence-corrected chi connectivity index (χ0v) is 9.13. The SMILES string of the molecule is C[C@@H]1CN(Cc2ccon2)C[C@@H](C(N)=O)O1. The fourth-order valence-corrected chi connectivity index (χ4v) is 1.87. The van der Waals surface area contributed by atoms with Crippen LogP contribution in [0, 0.1) is 0 Å². The molecule has 0 spiro atoms. The lowest BCUT2D eigenvalue weighted by Crippen LogP contribution is -2.51. The second kappa shape index (κ2) is 4.63. The van der Waals surface area contributed by atoms with Gasteiger partial charge in [-0.2, -0.15) is 0 Å². The van der Waals surface area contributed by atoms with Gasteiger partial charge in [0, 0.05) is 25.7 Å². The van der Waals surface area contributed by atoms with Crippen molar-refractivity contribution in [2.45, 2.75) is 25.7 Å². The first kappa shape index (κ1) is 11.1. The molecular formula is C10H15N3O3. The van der Waals surface area contributed by atoms with Gasteiger partial charge in [-0.15, -0.1) is 0 Å². The van der Waals surface area contributed by atoms with Gasteiger partial charge >= 0.3 is 0 Å². The van der Waals surface area contributed by atoms with Crippen molar-refractivity contribution in [1.29, 1.82) is 0 Å². The van der Waals surface area contributed by atoms with E-state index in [-0.39, 0.29) is 6.10 Å². The van der Waals surface area contributed by atoms with Crippen LogP contribution in [-0.2, 0) is 16.1 Å². The Morgan fingerprint density at radius 2 is 2.50 bits per heavy atom. The number of carbonyl (C=O) groups is 1. The summed E-state index contributed by atoms with van der Waals surface area (Å²) in [5, 5.41) is 3.83. The van der Waals surface area contributed by atoms with Gasteiger partial charge in [0.2, 0.25) is 5.91 Å². The Labute approximate surface area is 93.3 Å². The number of morpholine rings is 1. The summed E-state index contributed by atoms with van der Waals surface area (Å²) in [6.45, 7) is 3.84. The summed E-state index contributed by atoms with van der Waals surface area (Å²) in [7, 11) is 0. The first-order chi connectivity index (χ1) is 7.65. The maximum absolute atomic E-state index is 11.1. The molecule has 2 heterocycles. The number of primary amides is 1. The van der Waals surface area contributed by atoms with E-state index in [1.165, 1.54) is 6.26 Å². The summed E-state index contributed by atoms with van der Waals surface area (Å²) < 4.78 is 10.2. The van der Waals surface area contributed by atoms with Gasteiger partial charge in [0.1, 0.15) is 12.4 Å². The topological polar surface area (TPSA) is 81.6 Å². The largest absolute Gasteiger partial charge is 0.367 e. The standard InChI is InChI=1S/C10H15N3O3/c1-7-4-13(5-8-2-3-15-12-8)6-9(16-7)10(11)14/h2-3,7,9H,4-6H2,1H3,(H2,11,14)/t7-,9+/m1/s1. The molecule has 1 aliphatic rings. The summed E-state index contributed by atoms with van der Waals surface area (Å²) >= 11 is 0. The third-order valence-corrected chi connectivity index (χ3v) is 2.53. The number of hydrogen-bond acceptors (Lipinski definition) is 5. The van der Waals surface area contributed by atoms with Crippen molar-refractivity contribution < 1.29 is 14.1 Å². The number of rotatable bonds is 3. The summed E-state index contributed by atoms with van der Waals surface area (Å²) in [5.41, 5.74) is 6.09. The first-order valence-corrected chi connectivity index (χ1v) is 5.21. The first-order valence-electron chi connectivity index (χ1n) is 5.21. The van der Waals surface area contributed by atoms with E-state index in [9.17, 15) is 4.79 Å². The third-order valence-electron chi connectivity index (χ3n) is 2.53. The van der Waals surface area contributed by atoms with Gasteiger partial charge in [0.15, 0.2) is 0 Å². The van der Waals surface area contributed by atoms with Gasteiger partial charge in [-0.25, -0.2) is 0 Å². The van der Waals surface area contributed by atoms with Gasteiger partial charge in [0.25, 0.3) is 0 Å². The summed E-state index contributed by atoms with van der Waals surface area (Å²) in [5.74, 6) is -0.420. The van der Waals surface area contributed by atoms with E-state index in [0.717, 1.165) is 12.2 Å².